The van der Waals surface area contributed by atoms with Crippen molar-refractivity contribution in [3.63, 3.8) is 0 Å². The van der Waals surface area contributed by atoms with E-state index in [1.54, 1.807) is 19.1 Å². The maximum absolute atomic E-state index is 13.2. The fourth-order valence-electron chi connectivity index (χ4n) is 3.66. The molecular formula is C27H20BrClN2O5. The van der Waals surface area contributed by atoms with Crippen molar-refractivity contribution < 1.29 is 23.9 Å². The van der Waals surface area contributed by atoms with Crippen LogP contribution in [0.15, 0.2) is 76.8 Å². The van der Waals surface area contributed by atoms with E-state index in [2.05, 4.69) is 21.2 Å². The maximum Gasteiger partial charge on any atom is 0.338 e. The lowest BCUT2D eigenvalue weighted by atomic mass is 10.0. The van der Waals surface area contributed by atoms with Gasteiger partial charge >= 0.3 is 12.0 Å². The Bertz CT molecular complexity index is 1400. The van der Waals surface area contributed by atoms with Gasteiger partial charge in [0.2, 0.25) is 0 Å². The summed E-state index contributed by atoms with van der Waals surface area (Å²) in [6.07, 6.45) is 2.02. The highest BCUT2D eigenvalue weighted by Crippen LogP contribution is 2.27. The first-order valence-corrected chi connectivity index (χ1v) is 12.2. The van der Waals surface area contributed by atoms with E-state index in [-0.39, 0.29) is 23.4 Å². The quantitative estimate of drug-likeness (QED) is 0.240. The van der Waals surface area contributed by atoms with Crippen LogP contribution in [-0.4, -0.2) is 30.4 Å². The molecule has 1 aliphatic rings. The average Bonchev–Trinajstić information content (AvgIpc) is 2.85. The number of carbonyl (C=O) groups excluding carboxylic acids is 4. The maximum atomic E-state index is 13.2. The van der Waals surface area contributed by atoms with Crippen molar-refractivity contribution in [1.29, 1.82) is 0 Å². The standard InChI is InChI=1S/C27H20BrClN2O5/c1-2-36-26(34)17-9-11-20(12-10-17)31-25(33)21(24(32)30-27(31)35)13-16-7-8-18(22(28)14-16)15-19-5-3-4-6-23(19)29/h3-14H,2,15H2,1H3,(H,30,32,35)/b21-13+. The number of nitrogens with zero attached hydrogens (tertiary/aromatic N) is 1. The van der Waals surface area contributed by atoms with Crippen molar-refractivity contribution in [3.05, 3.63) is 104 Å². The topological polar surface area (TPSA) is 92.8 Å². The van der Waals surface area contributed by atoms with Crippen LogP contribution in [0.2, 0.25) is 5.02 Å². The predicted octanol–water partition coefficient (Wildman–Crippen LogP) is 5.54. The van der Waals surface area contributed by atoms with E-state index >= 15 is 0 Å². The first-order valence-electron chi connectivity index (χ1n) is 11.0. The van der Waals surface area contributed by atoms with E-state index in [1.165, 1.54) is 30.3 Å². The number of anilines is 1. The van der Waals surface area contributed by atoms with Crippen LogP contribution in [0, 0.1) is 0 Å². The summed E-state index contributed by atoms with van der Waals surface area (Å²) in [7, 11) is 0. The normalized spacial score (nSPS) is 14.7. The van der Waals surface area contributed by atoms with Crippen molar-refractivity contribution in [2.45, 2.75) is 13.3 Å². The minimum absolute atomic E-state index is 0.199. The summed E-state index contributed by atoms with van der Waals surface area (Å²) < 4.78 is 5.73. The smallest absolute Gasteiger partial charge is 0.338 e. The van der Waals surface area contributed by atoms with Crippen LogP contribution in [-0.2, 0) is 20.7 Å². The van der Waals surface area contributed by atoms with Gasteiger partial charge in [0, 0.05) is 15.9 Å². The lowest BCUT2D eigenvalue weighted by Gasteiger charge is -2.26. The molecule has 4 amide bonds. The Hall–Kier alpha value is -3.75. The average molecular weight is 568 g/mol. The molecule has 0 aromatic heterocycles. The Morgan fingerprint density at radius 2 is 1.75 bits per heavy atom. The highest BCUT2D eigenvalue weighted by molar-refractivity contribution is 9.10. The van der Waals surface area contributed by atoms with Gasteiger partial charge in [-0.25, -0.2) is 14.5 Å². The van der Waals surface area contributed by atoms with Gasteiger partial charge in [0.1, 0.15) is 5.57 Å². The number of rotatable bonds is 6. The van der Waals surface area contributed by atoms with Crippen LogP contribution in [0.25, 0.3) is 6.08 Å². The van der Waals surface area contributed by atoms with Gasteiger partial charge in [-0.05, 0) is 66.1 Å². The van der Waals surface area contributed by atoms with E-state index in [0.717, 1.165) is 20.5 Å². The monoisotopic (exact) mass is 566 g/mol. The molecule has 1 N–H and O–H groups in total. The minimum atomic E-state index is -0.873. The van der Waals surface area contributed by atoms with Crippen LogP contribution < -0.4 is 10.2 Å². The Labute approximate surface area is 220 Å². The molecule has 0 saturated carbocycles. The van der Waals surface area contributed by atoms with Gasteiger partial charge in [0.05, 0.1) is 17.9 Å². The van der Waals surface area contributed by atoms with Crippen molar-refractivity contribution in [1.82, 2.24) is 5.32 Å². The Morgan fingerprint density at radius 3 is 2.42 bits per heavy atom. The van der Waals surface area contributed by atoms with Crippen LogP contribution in [0.3, 0.4) is 0 Å². The number of halogens is 2. The number of esters is 1. The summed E-state index contributed by atoms with van der Waals surface area (Å²) in [5, 5.41) is 2.86. The van der Waals surface area contributed by atoms with Crippen LogP contribution in [0.1, 0.15) is 34.0 Å². The summed E-state index contributed by atoms with van der Waals surface area (Å²) >= 11 is 9.82. The van der Waals surface area contributed by atoms with Crippen molar-refractivity contribution >= 4 is 63.1 Å². The molecule has 9 heteroatoms. The third-order valence-electron chi connectivity index (χ3n) is 5.47. The molecule has 0 aliphatic carbocycles. The lowest BCUT2D eigenvalue weighted by molar-refractivity contribution is -0.122. The number of carbonyl (C=O) groups is 4. The fraction of sp³-hybridized carbons (Fsp3) is 0.111. The molecule has 7 nitrogen and oxygen atoms in total. The summed E-state index contributed by atoms with van der Waals surface area (Å²) in [6, 6.07) is 17.9. The SMILES string of the molecule is CCOC(=O)c1ccc(N2C(=O)NC(=O)/C(=C\c3ccc(Cc4ccccc4Cl)c(Br)c3)C2=O)cc1. The number of benzene rings is 3. The van der Waals surface area contributed by atoms with Crippen molar-refractivity contribution in [3.8, 4) is 0 Å². The van der Waals surface area contributed by atoms with Gasteiger partial charge in [0.15, 0.2) is 0 Å². The lowest BCUT2D eigenvalue weighted by Crippen LogP contribution is -2.54. The molecule has 1 heterocycles. The Morgan fingerprint density at radius 1 is 1.03 bits per heavy atom. The summed E-state index contributed by atoms with van der Waals surface area (Å²) in [5.41, 5.74) is 2.82. The summed E-state index contributed by atoms with van der Waals surface area (Å²) in [4.78, 5) is 50.9. The molecule has 0 spiro atoms. The number of hydrogen-bond acceptors (Lipinski definition) is 5. The van der Waals surface area contributed by atoms with Gasteiger partial charge in [-0.2, -0.15) is 0 Å². The van der Waals surface area contributed by atoms with Crippen molar-refractivity contribution in [2.75, 3.05) is 11.5 Å². The van der Waals surface area contributed by atoms with E-state index < -0.39 is 23.8 Å². The molecular weight excluding hydrogens is 548 g/mol. The number of ether oxygens (including phenoxy) is 1. The number of imide groups is 2. The van der Waals surface area contributed by atoms with E-state index in [9.17, 15) is 19.2 Å². The second-order valence-corrected chi connectivity index (χ2v) is 9.11. The van der Waals surface area contributed by atoms with Crippen LogP contribution in [0.4, 0.5) is 10.5 Å². The van der Waals surface area contributed by atoms with Gasteiger partial charge in [0.25, 0.3) is 11.8 Å². The molecule has 3 aromatic carbocycles. The minimum Gasteiger partial charge on any atom is -0.462 e. The predicted molar refractivity (Wildman–Crippen MR) is 140 cm³/mol. The Kier molecular flexibility index (Phi) is 7.67. The third-order valence-corrected chi connectivity index (χ3v) is 6.57. The molecule has 0 bridgehead atoms. The van der Waals surface area contributed by atoms with Gasteiger partial charge in [-0.3, -0.25) is 14.9 Å². The van der Waals surface area contributed by atoms with Gasteiger partial charge in [-0.15, -0.1) is 0 Å². The van der Waals surface area contributed by atoms with E-state index in [0.29, 0.717) is 17.0 Å². The van der Waals surface area contributed by atoms with E-state index in [4.69, 9.17) is 16.3 Å². The van der Waals surface area contributed by atoms with Crippen molar-refractivity contribution in [2.24, 2.45) is 0 Å². The molecule has 3 aromatic rings. The molecule has 182 valence electrons. The number of urea groups is 1. The molecule has 0 unspecified atom stereocenters. The molecule has 0 radical (unpaired) electrons. The fourth-order valence-corrected chi connectivity index (χ4v) is 4.40. The van der Waals surface area contributed by atoms with Gasteiger partial charge < -0.3 is 4.74 Å². The highest BCUT2D eigenvalue weighted by atomic mass is 79.9. The second-order valence-electron chi connectivity index (χ2n) is 7.84. The van der Waals surface area contributed by atoms with E-state index in [1.807, 2.05) is 30.3 Å². The zero-order chi connectivity index (χ0) is 25.8. The largest absolute Gasteiger partial charge is 0.462 e. The zero-order valence-electron chi connectivity index (χ0n) is 19.1. The summed E-state index contributed by atoms with van der Waals surface area (Å²) in [5.74, 6) is -2.08. The highest BCUT2D eigenvalue weighted by Gasteiger charge is 2.36. The number of nitrogens with one attached hydrogen (secondary N) is 1. The molecule has 0 atom stereocenters. The second kappa shape index (κ2) is 10.9. The Balaban J connectivity index is 1.59. The first kappa shape index (κ1) is 25.3. The molecule has 36 heavy (non-hydrogen) atoms. The van der Waals surface area contributed by atoms with Crippen LogP contribution >= 0.6 is 27.5 Å². The summed E-state index contributed by atoms with van der Waals surface area (Å²) in [6.45, 7) is 1.92. The number of barbiturate groups is 1. The zero-order valence-corrected chi connectivity index (χ0v) is 21.4. The van der Waals surface area contributed by atoms with Crippen LogP contribution in [0.5, 0.6) is 0 Å². The first-order chi connectivity index (χ1) is 17.3. The van der Waals surface area contributed by atoms with Gasteiger partial charge in [-0.1, -0.05) is 57.9 Å². The number of hydrogen-bond donors (Lipinski definition) is 1. The molecule has 4 rings (SSSR count). The molecule has 1 aliphatic heterocycles. The molecule has 1 saturated heterocycles. The molecule has 1 fully saturated rings. The third kappa shape index (κ3) is 5.40. The number of amides is 4.